The summed E-state index contributed by atoms with van der Waals surface area (Å²) >= 11 is 0. The average Bonchev–Trinajstić information content (AvgIpc) is 2.02. The lowest BCUT2D eigenvalue weighted by Gasteiger charge is -2.04. The zero-order chi connectivity index (χ0) is 10.8. The highest BCUT2D eigenvalue weighted by atomic mass is 32.2. The van der Waals surface area contributed by atoms with Crippen LogP contribution in [0.25, 0.3) is 0 Å². The van der Waals surface area contributed by atoms with E-state index in [2.05, 4.69) is 0 Å². The maximum atomic E-state index is 11.4. The second-order valence-corrected chi connectivity index (χ2v) is 4.41. The monoisotopic (exact) mass is 220 g/mol. The van der Waals surface area contributed by atoms with E-state index in [-0.39, 0.29) is 4.90 Å². The van der Waals surface area contributed by atoms with Gasteiger partial charge in [-0.15, -0.1) is 0 Å². The van der Waals surface area contributed by atoms with Crippen LogP contribution in [0.5, 0.6) is 0 Å². The second-order valence-electron chi connectivity index (χ2n) is 2.73. The Morgan fingerprint density at radius 1 is 1.29 bits per heavy atom. The van der Waals surface area contributed by atoms with Gasteiger partial charge in [0.1, 0.15) is 0 Å². The van der Waals surface area contributed by atoms with Crippen molar-refractivity contribution in [3.05, 3.63) is 24.3 Å². The van der Waals surface area contributed by atoms with Gasteiger partial charge in [0.05, 0.1) is 4.90 Å². The predicted octanol–water partition coefficient (Wildman–Crippen LogP) is 0.0936. The van der Waals surface area contributed by atoms with Gasteiger partial charge in [-0.2, -0.15) is 0 Å². The smallest absolute Gasteiger partial charge is 0.264 e. The minimum absolute atomic E-state index is 0.0156. The molecule has 0 fully saturated rings. The lowest BCUT2D eigenvalue weighted by Crippen LogP contribution is -2.28. The molecule has 1 amide bonds. The number of benzene rings is 1. The van der Waals surface area contributed by atoms with Crippen molar-refractivity contribution in [2.45, 2.75) is 11.8 Å². The predicted molar refractivity (Wildman–Crippen MR) is 51.9 cm³/mol. The molecule has 1 aromatic rings. The van der Waals surface area contributed by atoms with Gasteiger partial charge in [0.15, 0.2) is 0 Å². The number of carbonyl (C=O) groups is 1. The molecule has 1 rings (SSSR count). The summed E-state index contributed by atoms with van der Waals surface area (Å²) in [6.45, 7) is 1.13. The number of hydrogen-bond acceptors (Lipinski definition) is 4. The molecule has 0 aliphatic carbocycles. The SMILES string of the molecule is CC(=O)NS(=O)(=O)[13c]1[13cH][13cH][13c](N)[13cH][13cH]1. The largest absolute Gasteiger partial charge is 0.399 e. The molecule has 0 aliphatic rings. The molecule has 0 saturated heterocycles. The molecule has 0 aliphatic heterocycles. The number of nitrogens with one attached hydrogen (secondary N) is 1. The van der Waals surface area contributed by atoms with E-state index in [1.807, 2.05) is 4.72 Å². The number of amides is 1. The molecule has 0 spiro atoms. The third kappa shape index (κ3) is 2.46. The molecule has 76 valence electrons. The molecule has 0 atom stereocenters. The second kappa shape index (κ2) is 3.67. The summed E-state index contributed by atoms with van der Waals surface area (Å²) in [5.74, 6) is -0.623. The van der Waals surface area contributed by atoms with Gasteiger partial charge < -0.3 is 5.73 Å². The topological polar surface area (TPSA) is 89.3 Å². The molecule has 1 aromatic carbocycles. The van der Waals surface area contributed by atoms with Crippen molar-refractivity contribution in [3.8, 4) is 0 Å². The lowest BCUT2D eigenvalue weighted by atomic mass is 10.8. The van der Waals surface area contributed by atoms with E-state index in [9.17, 15) is 13.2 Å². The number of sulfonamides is 1. The van der Waals surface area contributed by atoms with Crippen molar-refractivity contribution in [3.63, 3.8) is 0 Å². The van der Waals surface area contributed by atoms with Gasteiger partial charge in [0.2, 0.25) is 5.91 Å². The summed E-state index contributed by atoms with van der Waals surface area (Å²) < 4.78 is 24.6. The van der Waals surface area contributed by atoms with Crippen molar-refractivity contribution < 1.29 is 13.2 Å². The van der Waals surface area contributed by atoms with E-state index in [0.717, 1.165) is 6.92 Å². The highest BCUT2D eigenvalue weighted by molar-refractivity contribution is 7.90. The van der Waals surface area contributed by atoms with Crippen molar-refractivity contribution in [1.29, 1.82) is 0 Å². The Balaban J connectivity index is 3.05. The van der Waals surface area contributed by atoms with Gasteiger partial charge in [-0.25, -0.2) is 13.1 Å². The fourth-order valence-corrected chi connectivity index (χ4v) is 1.89. The Bertz CT molecular complexity index is 436. The van der Waals surface area contributed by atoms with Crippen LogP contribution in [-0.4, -0.2) is 14.3 Å². The summed E-state index contributed by atoms with van der Waals surface area (Å²) in [4.78, 5) is 10.6. The number of rotatable bonds is 2. The van der Waals surface area contributed by atoms with E-state index in [1.165, 1.54) is 24.3 Å². The molecular weight excluding hydrogens is 210 g/mol. The van der Waals surface area contributed by atoms with Crippen LogP contribution < -0.4 is 10.5 Å². The highest BCUT2D eigenvalue weighted by Gasteiger charge is 2.14. The van der Waals surface area contributed by atoms with Gasteiger partial charge in [-0.3, -0.25) is 4.79 Å². The highest BCUT2D eigenvalue weighted by Crippen LogP contribution is 2.10. The minimum atomic E-state index is -3.73. The van der Waals surface area contributed by atoms with Crippen LogP contribution in [0.1, 0.15) is 6.92 Å². The molecule has 0 bridgehead atoms. The number of carbonyl (C=O) groups excluding carboxylic acids is 1. The van der Waals surface area contributed by atoms with E-state index < -0.39 is 15.9 Å². The van der Waals surface area contributed by atoms with Crippen LogP contribution in [0.4, 0.5) is 5.69 Å². The Morgan fingerprint density at radius 3 is 2.21 bits per heavy atom. The van der Waals surface area contributed by atoms with Crippen molar-refractivity contribution in [1.82, 2.24) is 4.72 Å². The van der Waals surface area contributed by atoms with Crippen LogP contribution in [0, 0.1) is 0 Å². The van der Waals surface area contributed by atoms with Crippen LogP contribution in [-0.2, 0) is 14.8 Å². The Labute approximate surface area is 82.0 Å². The first-order valence-corrected chi connectivity index (χ1v) is 5.29. The summed E-state index contributed by atoms with van der Waals surface area (Å²) in [5, 5.41) is 0. The number of hydrogen-bond donors (Lipinski definition) is 2. The van der Waals surface area contributed by atoms with Crippen LogP contribution in [0.3, 0.4) is 0 Å². The van der Waals surface area contributed by atoms with Gasteiger partial charge in [-0.1, -0.05) is 0 Å². The third-order valence-electron chi connectivity index (χ3n) is 1.47. The van der Waals surface area contributed by atoms with Crippen molar-refractivity contribution in [2.24, 2.45) is 0 Å². The number of nitrogen functional groups attached to an aromatic ring is 1. The number of anilines is 1. The molecule has 0 saturated carbocycles. The first-order valence-electron chi connectivity index (χ1n) is 3.81. The fraction of sp³-hybridized carbons (Fsp3) is 0.125. The maximum absolute atomic E-state index is 11.4. The van der Waals surface area contributed by atoms with Crippen LogP contribution >= 0.6 is 0 Å². The summed E-state index contributed by atoms with van der Waals surface area (Å²) in [7, 11) is -3.73. The van der Waals surface area contributed by atoms with Gasteiger partial charge in [0, 0.05) is 12.6 Å². The van der Waals surface area contributed by atoms with Gasteiger partial charge >= 0.3 is 0 Å². The average molecular weight is 220 g/mol. The molecule has 3 N–H and O–H groups in total. The third-order valence-corrected chi connectivity index (χ3v) is 2.92. The first-order chi connectivity index (χ1) is 6.42. The Kier molecular flexibility index (Phi) is 2.76. The van der Waals surface area contributed by atoms with Gasteiger partial charge in [-0.05, 0) is 24.3 Å². The van der Waals surface area contributed by atoms with E-state index in [4.69, 9.17) is 5.73 Å². The van der Waals surface area contributed by atoms with Crippen LogP contribution in [0.2, 0.25) is 0 Å². The zero-order valence-corrected chi connectivity index (χ0v) is 8.34. The van der Waals surface area contributed by atoms with E-state index in [0.29, 0.717) is 5.69 Å². The molecular formula is C8H10N2O3S. The first kappa shape index (κ1) is 10.5. The number of nitrogens with two attached hydrogens (primary N) is 1. The zero-order valence-electron chi connectivity index (χ0n) is 7.52. The molecule has 0 heterocycles. The molecule has 5 nitrogen and oxygen atoms in total. The summed E-state index contributed by atoms with van der Waals surface area (Å²) in [6.07, 6.45) is 0. The molecule has 0 radical (unpaired) electrons. The molecule has 0 unspecified atom stereocenters. The Hall–Kier alpha value is -1.56. The maximum Gasteiger partial charge on any atom is 0.264 e. The summed E-state index contributed by atoms with van der Waals surface area (Å²) in [5.41, 5.74) is 5.85. The lowest BCUT2D eigenvalue weighted by molar-refractivity contribution is -0.117. The van der Waals surface area contributed by atoms with Crippen molar-refractivity contribution in [2.75, 3.05) is 5.73 Å². The summed E-state index contributed by atoms with van der Waals surface area (Å²) in [6, 6.07) is 5.57. The molecule has 14 heavy (non-hydrogen) atoms. The van der Waals surface area contributed by atoms with Crippen molar-refractivity contribution >= 4 is 21.6 Å². The standard InChI is InChI=1S/C8H10N2O3S/c1-6(11)10-14(12,13)8-4-2-7(9)3-5-8/h2-5H,9H2,1H3,(H,10,11)/i2+1,3+1,4+1,5+1,7+1,8+1. The van der Waals surface area contributed by atoms with Crippen LogP contribution in [0.15, 0.2) is 29.2 Å². The normalized spacial score (nSPS) is 10.9. The van der Waals surface area contributed by atoms with E-state index >= 15 is 0 Å². The van der Waals surface area contributed by atoms with Gasteiger partial charge in [0.25, 0.3) is 10.0 Å². The minimum Gasteiger partial charge on any atom is -0.399 e. The fourth-order valence-electron chi connectivity index (χ4n) is 0.895. The van der Waals surface area contributed by atoms with E-state index in [1.54, 1.807) is 0 Å². The molecule has 0 aromatic heterocycles. The molecule has 6 heteroatoms. The Morgan fingerprint density at radius 2 is 1.79 bits per heavy atom. The quantitative estimate of drug-likeness (QED) is 0.691.